The average Bonchev–Trinajstić information content (AvgIpc) is 2.68. The lowest BCUT2D eigenvalue weighted by atomic mass is 10.1. The van der Waals surface area contributed by atoms with Crippen LogP contribution in [0.25, 0.3) is 11.1 Å². The molecule has 3 rings (SSSR count). The first-order chi connectivity index (χ1) is 8.25. The summed E-state index contributed by atoms with van der Waals surface area (Å²) in [6, 6.07) is 13.7. The molecular formula is C14H12N2O. The number of benzene rings is 2. The molecule has 84 valence electrons. The molecule has 0 heterocycles. The quantitative estimate of drug-likeness (QED) is 0.656. The van der Waals surface area contributed by atoms with Crippen LogP contribution in [-0.2, 0) is 6.42 Å². The van der Waals surface area contributed by atoms with Crippen LogP contribution in [0.3, 0.4) is 0 Å². The standard InChI is InChI=1S/C14H12N2O/c15-14(17)16-13-7-3-6-11-10-5-2-1-4-9(10)8-12(11)13/h1-7H,8H2,(H3,15,16,17). The molecule has 0 saturated heterocycles. The van der Waals surface area contributed by atoms with E-state index in [0.717, 1.165) is 17.7 Å². The Balaban J connectivity index is 2.14. The van der Waals surface area contributed by atoms with E-state index in [1.54, 1.807) is 0 Å². The molecule has 1 aliphatic rings. The van der Waals surface area contributed by atoms with Gasteiger partial charge in [-0.1, -0.05) is 36.4 Å². The van der Waals surface area contributed by atoms with Crippen molar-refractivity contribution in [3.63, 3.8) is 0 Å². The van der Waals surface area contributed by atoms with Crippen LogP contribution >= 0.6 is 0 Å². The van der Waals surface area contributed by atoms with Crippen molar-refractivity contribution < 1.29 is 4.79 Å². The number of carbonyl (C=O) groups excluding carboxylic acids is 1. The molecule has 2 aromatic carbocycles. The predicted molar refractivity (Wildman–Crippen MR) is 67.9 cm³/mol. The molecule has 2 aromatic rings. The van der Waals surface area contributed by atoms with Gasteiger partial charge in [-0.15, -0.1) is 0 Å². The number of amides is 2. The van der Waals surface area contributed by atoms with E-state index in [2.05, 4.69) is 23.5 Å². The fourth-order valence-corrected chi connectivity index (χ4v) is 2.41. The predicted octanol–water partition coefficient (Wildman–Crippen LogP) is 2.75. The average molecular weight is 224 g/mol. The number of anilines is 1. The summed E-state index contributed by atoms with van der Waals surface area (Å²) >= 11 is 0. The van der Waals surface area contributed by atoms with Gasteiger partial charge in [0.05, 0.1) is 0 Å². The molecule has 0 spiro atoms. The molecule has 3 heteroatoms. The first-order valence-corrected chi connectivity index (χ1v) is 5.52. The molecule has 0 unspecified atom stereocenters. The second-order valence-corrected chi connectivity index (χ2v) is 4.15. The Morgan fingerprint density at radius 2 is 1.82 bits per heavy atom. The summed E-state index contributed by atoms with van der Waals surface area (Å²) in [4.78, 5) is 11.0. The van der Waals surface area contributed by atoms with Crippen molar-refractivity contribution in [2.24, 2.45) is 5.73 Å². The van der Waals surface area contributed by atoms with Gasteiger partial charge in [0, 0.05) is 12.1 Å². The summed E-state index contributed by atoms with van der Waals surface area (Å²) in [5.74, 6) is 0. The summed E-state index contributed by atoms with van der Waals surface area (Å²) in [6.45, 7) is 0. The fourth-order valence-electron chi connectivity index (χ4n) is 2.41. The molecule has 0 aromatic heterocycles. The molecule has 17 heavy (non-hydrogen) atoms. The third-order valence-electron chi connectivity index (χ3n) is 3.11. The number of urea groups is 1. The van der Waals surface area contributed by atoms with Crippen molar-refractivity contribution in [2.45, 2.75) is 6.42 Å². The van der Waals surface area contributed by atoms with Gasteiger partial charge in [0.1, 0.15) is 0 Å². The van der Waals surface area contributed by atoms with Gasteiger partial charge < -0.3 is 11.1 Å². The van der Waals surface area contributed by atoms with Crippen LogP contribution < -0.4 is 11.1 Å². The van der Waals surface area contributed by atoms with Gasteiger partial charge in [0.2, 0.25) is 0 Å². The van der Waals surface area contributed by atoms with Crippen molar-refractivity contribution in [1.82, 2.24) is 0 Å². The van der Waals surface area contributed by atoms with Crippen molar-refractivity contribution >= 4 is 11.7 Å². The van der Waals surface area contributed by atoms with Gasteiger partial charge in [-0.05, 0) is 28.3 Å². The zero-order valence-electron chi connectivity index (χ0n) is 9.23. The number of fused-ring (bicyclic) bond motifs is 3. The first kappa shape index (κ1) is 9.90. The van der Waals surface area contributed by atoms with Gasteiger partial charge >= 0.3 is 6.03 Å². The van der Waals surface area contributed by atoms with Crippen LogP contribution in [0.2, 0.25) is 0 Å². The van der Waals surface area contributed by atoms with Crippen LogP contribution in [-0.4, -0.2) is 6.03 Å². The third kappa shape index (κ3) is 1.56. The first-order valence-electron chi connectivity index (χ1n) is 5.52. The highest BCUT2D eigenvalue weighted by Crippen LogP contribution is 2.39. The van der Waals surface area contributed by atoms with Crippen LogP contribution in [0.1, 0.15) is 11.1 Å². The van der Waals surface area contributed by atoms with Crippen molar-refractivity contribution in [3.8, 4) is 11.1 Å². The second kappa shape index (κ2) is 3.63. The van der Waals surface area contributed by atoms with Crippen molar-refractivity contribution in [1.29, 1.82) is 0 Å². The van der Waals surface area contributed by atoms with E-state index in [1.165, 1.54) is 16.7 Å². The monoisotopic (exact) mass is 224 g/mol. The number of hydrogen-bond donors (Lipinski definition) is 2. The van der Waals surface area contributed by atoms with Gasteiger partial charge in [-0.3, -0.25) is 0 Å². The van der Waals surface area contributed by atoms with Crippen molar-refractivity contribution in [3.05, 3.63) is 53.6 Å². The zero-order chi connectivity index (χ0) is 11.8. The van der Waals surface area contributed by atoms with Gasteiger partial charge in [0.25, 0.3) is 0 Å². The Labute approximate surface area is 99.3 Å². The Hall–Kier alpha value is -2.29. The molecule has 0 fully saturated rings. The van der Waals surface area contributed by atoms with E-state index in [0.29, 0.717) is 0 Å². The molecular weight excluding hydrogens is 212 g/mol. The van der Waals surface area contributed by atoms with E-state index in [9.17, 15) is 4.79 Å². The smallest absolute Gasteiger partial charge is 0.316 e. The minimum Gasteiger partial charge on any atom is -0.351 e. The molecule has 1 aliphatic carbocycles. The molecule has 0 aliphatic heterocycles. The second-order valence-electron chi connectivity index (χ2n) is 4.15. The Bertz CT molecular complexity index is 605. The number of rotatable bonds is 1. The Kier molecular flexibility index (Phi) is 2.11. The van der Waals surface area contributed by atoms with Crippen LogP contribution in [0, 0.1) is 0 Å². The molecule has 2 amide bonds. The lowest BCUT2D eigenvalue weighted by Crippen LogP contribution is -2.20. The molecule has 0 radical (unpaired) electrons. The largest absolute Gasteiger partial charge is 0.351 e. The number of nitrogens with two attached hydrogens (primary N) is 1. The van der Waals surface area contributed by atoms with E-state index >= 15 is 0 Å². The van der Waals surface area contributed by atoms with Gasteiger partial charge in [0.15, 0.2) is 0 Å². The van der Waals surface area contributed by atoms with Crippen molar-refractivity contribution in [2.75, 3.05) is 5.32 Å². The number of carbonyl (C=O) groups is 1. The highest BCUT2D eigenvalue weighted by atomic mass is 16.2. The molecule has 0 saturated carbocycles. The number of nitrogens with one attached hydrogen (secondary N) is 1. The molecule has 3 N–H and O–H groups in total. The normalized spacial score (nSPS) is 11.8. The summed E-state index contributed by atoms with van der Waals surface area (Å²) in [6.07, 6.45) is 0.849. The topological polar surface area (TPSA) is 55.1 Å². The number of hydrogen-bond acceptors (Lipinski definition) is 1. The molecule has 0 atom stereocenters. The Morgan fingerprint density at radius 1 is 1.06 bits per heavy atom. The van der Waals surface area contributed by atoms with Crippen LogP contribution in [0.4, 0.5) is 10.5 Å². The highest BCUT2D eigenvalue weighted by Gasteiger charge is 2.20. The van der Waals surface area contributed by atoms with Gasteiger partial charge in [-0.2, -0.15) is 0 Å². The summed E-state index contributed by atoms with van der Waals surface area (Å²) in [7, 11) is 0. The van der Waals surface area contributed by atoms with Crippen LogP contribution in [0.15, 0.2) is 42.5 Å². The maximum Gasteiger partial charge on any atom is 0.316 e. The SMILES string of the molecule is NC(=O)Nc1cccc2c1Cc1ccccc1-2. The summed E-state index contributed by atoms with van der Waals surface area (Å²) < 4.78 is 0. The summed E-state index contributed by atoms with van der Waals surface area (Å²) in [5.41, 5.74) is 10.9. The Morgan fingerprint density at radius 3 is 2.65 bits per heavy atom. The minimum atomic E-state index is -0.519. The lowest BCUT2D eigenvalue weighted by Gasteiger charge is -2.08. The van der Waals surface area contributed by atoms with E-state index in [-0.39, 0.29) is 0 Å². The highest BCUT2D eigenvalue weighted by molar-refractivity contribution is 5.92. The zero-order valence-corrected chi connectivity index (χ0v) is 9.23. The maximum atomic E-state index is 11.0. The molecule has 0 bridgehead atoms. The van der Waals surface area contributed by atoms with Gasteiger partial charge in [-0.25, -0.2) is 4.79 Å². The van der Waals surface area contributed by atoms with Crippen LogP contribution in [0.5, 0.6) is 0 Å². The number of primary amides is 1. The van der Waals surface area contributed by atoms with E-state index < -0.39 is 6.03 Å². The minimum absolute atomic E-state index is 0.519. The maximum absolute atomic E-state index is 11.0. The van der Waals surface area contributed by atoms with E-state index in [4.69, 9.17) is 5.73 Å². The summed E-state index contributed by atoms with van der Waals surface area (Å²) in [5, 5.41) is 2.68. The third-order valence-corrected chi connectivity index (χ3v) is 3.11. The lowest BCUT2D eigenvalue weighted by molar-refractivity contribution is 0.259. The van der Waals surface area contributed by atoms with E-state index in [1.807, 2.05) is 24.3 Å². The fraction of sp³-hybridized carbons (Fsp3) is 0.0714. The molecule has 3 nitrogen and oxygen atoms in total.